The molecular formula is C30H28N6O5S. The number of hydrogen-bond donors (Lipinski definition) is 3. The van der Waals surface area contributed by atoms with Gasteiger partial charge in [0, 0.05) is 36.4 Å². The summed E-state index contributed by atoms with van der Waals surface area (Å²) in [7, 11) is -3.78. The Hall–Kier alpha value is -5.28. The van der Waals surface area contributed by atoms with E-state index in [1.807, 2.05) is 42.6 Å². The van der Waals surface area contributed by atoms with Gasteiger partial charge in [-0.2, -0.15) is 5.26 Å². The number of carboxylic acids is 1. The smallest absolute Gasteiger partial charge is 0.303 e. The molecule has 4 aromatic rings. The van der Waals surface area contributed by atoms with Gasteiger partial charge in [0.2, 0.25) is 5.96 Å². The molecule has 4 rings (SSSR count). The molecule has 2 heterocycles. The Morgan fingerprint density at radius 1 is 1.00 bits per heavy atom. The first-order valence-corrected chi connectivity index (χ1v) is 14.5. The number of aromatic nitrogens is 2. The van der Waals surface area contributed by atoms with Crippen molar-refractivity contribution in [2.24, 2.45) is 4.99 Å². The van der Waals surface area contributed by atoms with Crippen molar-refractivity contribution in [3.63, 3.8) is 0 Å². The monoisotopic (exact) mass is 584 g/mol. The number of nitriles is 1. The fourth-order valence-corrected chi connectivity index (χ4v) is 5.66. The number of anilines is 1. The van der Waals surface area contributed by atoms with Crippen molar-refractivity contribution in [1.82, 2.24) is 15.3 Å². The number of ether oxygens (including phenoxy) is 1. The molecule has 0 aliphatic carbocycles. The summed E-state index contributed by atoms with van der Waals surface area (Å²) in [6.07, 6.45) is 7.95. The molecule has 11 nitrogen and oxygen atoms in total. The molecule has 42 heavy (non-hydrogen) atoms. The number of sulfone groups is 1. The van der Waals surface area contributed by atoms with Crippen molar-refractivity contribution < 1.29 is 23.1 Å². The number of nitrogens with one attached hydrogen (secondary N) is 2. The molecule has 0 aliphatic rings. The van der Waals surface area contributed by atoms with Crippen LogP contribution >= 0.6 is 0 Å². The quantitative estimate of drug-likeness (QED) is 0.0953. The third-order valence-electron chi connectivity index (χ3n) is 6.09. The lowest BCUT2D eigenvalue weighted by atomic mass is 10.00. The number of nitrogens with zero attached hydrogens (tertiary/aromatic N) is 4. The highest BCUT2D eigenvalue weighted by molar-refractivity contribution is 7.91. The predicted molar refractivity (Wildman–Crippen MR) is 156 cm³/mol. The normalized spacial score (nSPS) is 12.1. The number of aliphatic imine (C=N–C) groups is 1. The molecule has 0 bridgehead atoms. The number of aliphatic carboxylic acids is 1. The number of carboxylic acid groups (broad SMARTS) is 1. The first-order valence-electron chi connectivity index (χ1n) is 12.8. The van der Waals surface area contributed by atoms with Crippen molar-refractivity contribution in [2.45, 2.75) is 30.4 Å². The minimum atomic E-state index is -3.78. The highest BCUT2D eigenvalue weighted by Gasteiger charge is 2.25. The van der Waals surface area contributed by atoms with Crippen LogP contribution in [0.2, 0.25) is 0 Å². The number of rotatable bonds is 12. The molecule has 1 atom stereocenters. The van der Waals surface area contributed by atoms with E-state index in [4.69, 9.17) is 10.00 Å². The van der Waals surface area contributed by atoms with Gasteiger partial charge in [-0.25, -0.2) is 13.4 Å². The molecule has 0 saturated carbocycles. The average Bonchev–Trinajstić information content (AvgIpc) is 3.00. The van der Waals surface area contributed by atoms with E-state index in [9.17, 15) is 18.3 Å². The second-order valence-corrected chi connectivity index (χ2v) is 11.2. The molecule has 2 aromatic heterocycles. The molecule has 214 valence electrons. The molecule has 0 spiro atoms. The van der Waals surface area contributed by atoms with E-state index in [2.05, 4.69) is 25.6 Å². The summed E-state index contributed by atoms with van der Waals surface area (Å²) in [5.74, 6) is -1.44. The number of hydrogen-bond acceptors (Lipinski definition) is 8. The standard InChI is InChI=1S/C30H28N6O5S/c31-21-35-30(34-17-23-5-2-12-32-16-23)36-26-7-1-4-22(14-26)19-41-27-8-10-28(11-9-27)42(39,40)20-25(15-29(37)38)24-6-3-13-33-18-24/h1-14,16,18,25H,15,17,19-20H2,(H,37,38)(H2,34,35,36). The van der Waals surface area contributed by atoms with E-state index < -0.39 is 21.7 Å². The van der Waals surface area contributed by atoms with Crippen LogP contribution in [-0.4, -0.2) is 41.2 Å². The van der Waals surface area contributed by atoms with Crippen LogP contribution < -0.4 is 15.4 Å². The number of benzene rings is 2. The van der Waals surface area contributed by atoms with Crippen LogP contribution in [0.4, 0.5) is 5.69 Å². The van der Waals surface area contributed by atoms with Gasteiger partial charge in [0.05, 0.1) is 23.6 Å². The molecule has 0 saturated heterocycles. The fourth-order valence-electron chi connectivity index (χ4n) is 4.07. The van der Waals surface area contributed by atoms with Crippen molar-refractivity contribution in [3.8, 4) is 11.9 Å². The lowest BCUT2D eigenvalue weighted by molar-refractivity contribution is -0.137. The van der Waals surface area contributed by atoms with Crippen molar-refractivity contribution in [3.05, 3.63) is 114 Å². The Balaban J connectivity index is 1.38. The van der Waals surface area contributed by atoms with E-state index in [0.29, 0.717) is 23.5 Å². The third kappa shape index (κ3) is 8.87. The van der Waals surface area contributed by atoms with Crippen LogP contribution in [0.1, 0.15) is 29.0 Å². The first kappa shape index (κ1) is 29.7. The first-order chi connectivity index (χ1) is 20.3. The number of guanidine groups is 1. The van der Waals surface area contributed by atoms with Gasteiger partial charge in [0.25, 0.3) is 0 Å². The maximum atomic E-state index is 13.1. The van der Waals surface area contributed by atoms with Crippen molar-refractivity contribution in [2.75, 3.05) is 11.1 Å². The molecule has 3 N–H and O–H groups in total. The zero-order chi connectivity index (χ0) is 29.8. The lowest BCUT2D eigenvalue weighted by Gasteiger charge is -2.15. The summed E-state index contributed by atoms with van der Waals surface area (Å²) >= 11 is 0. The van der Waals surface area contributed by atoms with E-state index in [1.54, 1.807) is 42.9 Å². The van der Waals surface area contributed by atoms with Gasteiger partial charge >= 0.3 is 5.97 Å². The van der Waals surface area contributed by atoms with Crippen molar-refractivity contribution in [1.29, 1.82) is 5.26 Å². The van der Waals surface area contributed by atoms with E-state index in [1.165, 1.54) is 18.3 Å². The van der Waals surface area contributed by atoms with E-state index in [0.717, 1.165) is 11.1 Å². The maximum Gasteiger partial charge on any atom is 0.303 e. The van der Waals surface area contributed by atoms with Crippen LogP contribution in [0.25, 0.3) is 0 Å². The zero-order valence-electron chi connectivity index (χ0n) is 22.4. The van der Waals surface area contributed by atoms with Crippen LogP contribution in [0.15, 0.2) is 107 Å². The molecule has 0 aliphatic heterocycles. The third-order valence-corrected chi connectivity index (χ3v) is 7.92. The zero-order valence-corrected chi connectivity index (χ0v) is 23.2. The molecule has 0 radical (unpaired) electrons. The van der Waals surface area contributed by atoms with Crippen LogP contribution in [-0.2, 0) is 27.8 Å². The second kappa shape index (κ2) is 14.4. The molecule has 0 fully saturated rings. The van der Waals surface area contributed by atoms with Gasteiger partial charge in [0.1, 0.15) is 12.4 Å². The lowest BCUT2D eigenvalue weighted by Crippen LogP contribution is -2.26. The fraction of sp³-hybridized carbons (Fsp3) is 0.167. The Labute approximate surface area is 243 Å². The van der Waals surface area contributed by atoms with Crippen LogP contribution in [0, 0.1) is 11.5 Å². The summed E-state index contributed by atoms with van der Waals surface area (Å²) in [6.45, 7) is 0.542. The summed E-state index contributed by atoms with van der Waals surface area (Å²) in [6, 6.07) is 20.4. The Morgan fingerprint density at radius 2 is 1.74 bits per heavy atom. The predicted octanol–water partition coefficient (Wildman–Crippen LogP) is 4.13. The Bertz CT molecular complexity index is 1660. The van der Waals surface area contributed by atoms with E-state index in [-0.39, 0.29) is 29.6 Å². The van der Waals surface area contributed by atoms with Gasteiger partial charge in [-0.15, -0.1) is 0 Å². The molecule has 0 amide bonds. The summed E-state index contributed by atoms with van der Waals surface area (Å²) < 4.78 is 32.0. The Kier molecular flexibility index (Phi) is 10.2. The largest absolute Gasteiger partial charge is 0.489 e. The van der Waals surface area contributed by atoms with Gasteiger partial charge in [-0.1, -0.05) is 24.3 Å². The number of pyridine rings is 2. The highest BCUT2D eigenvalue weighted by Crippen LogP contribution is 2.26. The molecule has 2 aromatic carbocycles. The van der Waals surface area contributed by atoms with Crippen molar-refractivity contribution >= 4 is 27.5 Å². The SMILES string of the molecule is N#CNC(=NCc1cccnc1)Nc1cccc(COc2ccc(S(=O)(=O)CC(CC(=O)O)c3cccnc3)cc2)c1. The summed E-state index contributed by atoms with van der Waals surface area (Å²) in [5, 5.41) is 24.0. The van der Waals surface area contributed by atoms with Gasteiger partial charge < -0.3 is 15.2 Å². The van der Waals surface area contributed by atoms with Gasteiger partial charge in [-0.05, 0) is 65.2 Å². The summed E-state index contributed by atoms with van der Waals surface area (Å²) in [4.78, 5) is 23.9. The number of carbonyl (C=O) groups is 1. The second-order valence-electron chi connectivity index (χ2n) is 9.21. The van der Waals surface area contributed by atoms with E-state index >= 15 is 0 Å². The van der Waals surface area contributed by atoms with Crippen LogP contribution in [0.5, 0.6) is 5.75 Å². The molecule has 12 heteroatoms. The van der Waals surface area contributed by atoms with Gasteiger partial charge in [-0.3, -0.25) is 20.1 Å². The highest BCUT2D eigenvalue weighted by atomic mass is 32.2. The minimum absolute atomic E-state index is 0.0726. The molecular weight excluding hydrogens is 556 g/mol. The average molecular weight is 585 g/mol. The van der Waals surface area contributed by atoms with Gasteiger partial charge in [0.15, 0.2) is 16.0 Å². The summed E-state index contributed by atoms with van der Waals surface area (Å²) in [5.41, 5.74) is 2.96. The topological polar surface area (TPSA) is 167 Å². The van der Waals surface area contributed by atoms with Crippen LogP contribution in [0.3, 0.4) is 0 Å². The Morgan fingerprint density at radius 3 is 2.40 bits per heavy atom. The molecule has 1 unspecified atom stereocenters. The maximum absolute atomic E-state index is 13.1. The minimum Gasteiger partial charge on any atom is -0.489 e.